The first kappa shape index (κ1) is 7.48. The van der Waals surface area contributed by atoms with Crippen molar-refractivity contribution in [3.63, 3.8) is 0 Å². The minimum Gasteiger partial charge on any atom is -0.366 e. The fraction of sp³-hybridized carbons (Fsp3) is 0. The predicted octanol–water partition coefficient (Wildman–Crippen LogP) is -0.679. The van der Waals surface area contributed by atoms with E-state index in [1.165, 1.54) is 0 Å². The van der Waals surface area contributed by atoms with E-state index in [0.29, 0.717) is 6.08 Å². The standard InChI is InChI=1S/C4H4N2O3/c5-3(7)1-2-4(8)6-9/h1-2H,(H2,5,7)/b2-1+. The van der Waals surface area contributed by atoms with Crippen molar-refractivity contribution >= 4 is 11.8 Å². The lowest BCUT2D eigenvalue weighted by Crippen LogP contribution is -2.06. The van der Waals surface area contributed by atoms with Crippen molar-refractivity contribution in [2.24, 2.45) is 10.9 Å². The molecule has 0 atom stereocenters. The molecule has 0 bridgehead atoms. The molecule has 0 saturated heterocycles. The van der Waals surface area contributed by atoms with Crippen LogP contribution in [-0.2, 0) is 9.59 Å². The molecule has 0 aliphatic carbocycles. The lowest BCUT2D eigenvalue weighted by Gasteiger charge is -1.74. The van der Waals surface area contributed by atoms with Crippen LogP contribution in [0.2, 0.25) is 0 Å². The highest BCUT2D eigenvalue weighted by molar-refractivity contribution is 5.96. The zero-order valence-electron chi connectivity index (χ0n) is 4.40. The van der Waals surface area contributed by atoms with Gasteiger partial charge in [-0.3, -0.25) is 9.59 Å². The third kappa shape index (κ3) is 4.33. The first-order chi connectivity index (χ1) is 4.16. The van der Waals surface area contributed by atoms with E-state index in [-0.39, 0.29) is 0 Å². The van der Waals surface area contributed by atoms with Crippen LogP contribution in [0.3, 0.4) is 0 Å². The Morgan fingerprint density at radius 3 is 2.22 bits per heavy atom. The Bertz CT molecular complexity index is 173. The second-order valence-electron chi connectivity index (χ2n) is 1.17. The Morgan fingerprint density at radius 2 is 1.89 bits per heavy atom. The lowest BCUT2D eigenvalue weighted by molar-refractivity contribution is -0.115. The largest absolute Gasteiger partial charge is 0.366 e. The highest BCUT2D eigenvalue weighted by atomic mass is 16.3. The van der Waals surface area contributed by atoms with E-state index in [1.807, 2.05) is 5.18 Å². The van der Waals surface area contributed by atoms with Crippen molar-refractivity contribution in [3.05, 3.63) is 17.1 Å². The van der Waals surface area contributed by atoms with Crippen LogP contribution in [0.4, 0.5) is 0 Å². The van der Waals surface area contributed by atoms with Gasteiger partial charge in [-0.1, -0.05) is 0 Å². The first-order valence-electron chi connectivity index (χ1n) is 2.01. The summed E-state index contributed by atoms with van der Waals surface area (Å²) in [5.41, 5.74) is 4.57. The van der Waals surface area contributed by atoms with E-state index >= 15 is 0 Å². The molecule has 5 nitrogen and oxygen atoms in total. The van der Waals surface area contributed by atoms with Gasteiger partial charge in [0.25, 0.3) is 0 Å². The zero-order chi connectivity index (χ0) is 7.28. The fourth-order valence-electron chi connectivity index (χ4n) is 0.184. The van der Waals surface area contributed by atoms with Crippen LogP contribution in [0.5, 0.6) is 0 Å². The van der Waals surface area contributed by atoms with Crippen LogP contribution < -0.4 is 5.73 Å². The van der Waals surface area contributed by atoms with Crippen molar-refractivity contribution in [3.8, 4) is 0 Å². The third-order valence-corrected chi connectivity index (χ3v) is 0.480. The van der Waals surface area contributed by atoms with Crippen LogP contribution in [0.1, 0.15) is 0 Å². The second-order valence-corrected chi connectivity index (χ2v) is 1.17. The maximum atomic E-state index is 9.94. The summed E-state index contributed by atoms with van der Waals surface area (Å²) in [6, 6.07) is 0. The molecule has 0 saturated carbocycles. The van der Waals surface area contributed by atoms with Gasteiger partial charge in [-0.2, -0.15) is 0 Å². The summed E-state index contributed by atoms with van der Waals surface area (Å²) < 4.78 is 0. The molecular weight excluding hydrogens is 124 g/mol. The molecular formula is C4H4N2O3. The molecule has 48 valence electrons. The van der Waals surface area contributed by atoms with Gasteiger partial charge in [-0.25, -0.2) is 0 Å². The molecule has 0 fully saturated rings. The Hall–Kier alpha value is -1.52. The van der Waals surface area contributed by atoms with Crippen LogP contribution in [0.15, 0.2) is 17.3 Å². The molecule has 5 heteroatoms. The molecule has 0 aliphatic rings. The summed E-state index contributed by atoms with van der Waals surface area (Å²) in [7, 11) is 0. The molecule has 0 aliphatic heterocycles. The monoisotopic (exact) mass is 128 g/mol. The predicted molar refractivity (Wildman–Crippen MR) is 29.1 cm³/mol. The van der Waals surface area contributed by atoms with Gasteiger partial charge in [0.15, 0.2) is 0 Å². The van der Waals surface area contributed by atoms with Gasteiger partial charge in [0.1, 0.15) is 0 Å². The van der Waals surface area contributed by atoms with Gasteiger partial charge in [0.05, 0.1) is 0 Å². The number of rotatable bonds is 2. The molecule has 0 radical (unpaired) electrons. The number of primary amides is 1. The summed E-state index contributed by atoms with van der Waals surface area (Å²) in [5.74, 6) is -1.80. The summed E-state index contributed by atoms with van der Waals surface area (Å²) >= 11 is 0. The molecule has 0 spiro atoms. The van der Waals surface area contributed by atoms with Crippen molar-refractivity contribution in [2.45, 2.75) is 0 Å². The van der Waals surface area contributed by atoms with E-state index in [4.69, 9.17) is 0 Å². The Kier molecular flexibility index (Phi) is 2.89. The number of nitrogens with zero attached hydrogens (tertiary/aromatic N) is 1. The molecule has 0 unspecified atom stereocenters. The SMILES string of the molecule is NC(=O)/C=C/C(=O)N=O. The van der Waals surface area contributed by atoms with Gasteiger partial charge in [-0.15, -0.1) is 4.91 Å². The van der Waals surface area contributed by atoms with E-state index in [1.54, 1.807) is 0 Å². The first-order valence-corrected chi connectivity index (χ1v) is 2.01. The minimum absolute atomic E-state index is 0.704. The topological polar surface area (TPSA) is 89.6 Å². The number of carbonyl (C=O) groups is 2. The zero-order valence-corrected chi connectivity index (χ0v) is 4.40. The minimum atomic E-state index is -1.02. The van der Waals surface area contributed by atoms with Crippen LogP contribution >= 0.6 is 0 Å². The van der Waals surface area contributed by atoms with Gasteiger partial charge in [0, 0.05) is 17.3 Å². The smallest absolute Gasteiger partial charge is 0.309 e. The van der Waals surface area contributed by atoms with E-state index < -0.39 is 11.8 Å². The second kappa shape index (κ2) is 3.48. The van der Waals surface area contributed by atoms with Gasteiger partial charge < -0.3 is 5.73 Å². The van der Waals surface area contributed by atoms with E-state index in [9.17, 15) is 14.5 Å². The van der Waals surface area contributed by atoms with Gasteiger partial charge in [-0.05, 0) is 0 Å². The Labute approximate surface area is 50.5 Å². The maximum Gasteiger partial charge on any atom is 0.309 e. The van der Waals surface area contributed by atoms with Crippen molar-refractivity contribution in [1.29, 1.82) is 0 Å². The lowest BCUT2D eigenvalue weighted by atomic mass is 10.5. The molecule has 0 rings (SSSR count). The van der Waals surface area contributed by atoms with Crippen LogP contribution in [-0.4, -0.2) is 11.8 Å². The number of amides is 2. The summed E-state index contributed by atoms with van der Waals surface area (Å²) in [6.45, 7) is 0. The summed E-state index contributed by atoms with van der Waals surface area (Å²) in [6.07, 6.45) is 1.47. The highest BCUT2D eigenvalue weighted by Crippen LogP contribution is 1.75. The van der Waals surface area contributed by atoms with E-state index in [2.05, 4.69) is 5.73 Å². The summed E-state index contributed by atoms with van der Waals surface area (Å²) in [5, 5.41) is 1.98. The molecule has 0 aromatic heterocycles. The van der Waals surface area contributed by atoms with E-state index in [0.717, 1.165) is 6.08 Å². The van der Waals surface area contributed by atoms with Gasteiger partial charge >= 0.3 is 5.91 Å². The van der Waals surface area contributed by atoms with Crippen LogP contribution in [0.25, 0.3) is 0 Å². The number of hydrogen-bond donors (Lipinski definition) is 1. The fourth-order valence-corrected chi connectivity index (χ4v) is 0.184. The quantitative estimate of drug-likeness (QED) is 0.394. The highest BCUT2D eigenvalue weighted by Gasteiger charge is 1.91. The normalized spacial score (nSPS) is 9.33. The number of nitrogens with two attached hydrogens (primary N) is 1. The molecule has 9 heavy (non-hydrogen) atoms. The molecule has 0 aromatic carbocycles. The number of hydrogen-bond acceptors (Lipinski definition) is 3. The van der Waals surface area contributed by atoms with Crippen LogP contribution in [0, 0.1) is 4.91 Å². The average molecular weight is 128 g/mol. The average Bonchev–Trinajstić information content (AvgIpc) is 1.83. The number of carbonyl (C=O) groups excluding carboxylic acids is 2. The molecule has 0 heterocycles. The maximum absolute atomic E-state index is 9.94. The number of nitroso groups, excluding NO2 is 1. The Balaban J connectivity index is 3.85. The summed E-state index contributed by atoms with van der Waals surface area (Å²) in [4.78, 5) is 29.1. The third-order valence-electron chi connectivity index (χ3n) is 0.480. The van der Waals surface area contributed by atoms with Crippen molar-refractivity contribution in [2.75, 3.05) is 0 Å². The van der Waals surface area contributed by atoms with Gasteiger partial charge in [0.2, 0.25) is 5.91 Å². The molecule has 2 N–H and O–H groups in total. The van der Waals surface area contributed by atoms with Crippen molar-refractivity contribution in [1.82, 2.24) is 0 Å². The molecule has 2 amide bonds. The molecule has 0 aromatic rings. The van der Waals surface area contributed by atoms with Crippen molar-refractivity contribution < 1.29 is 9.59 Å². The Morgan fingerprint density at radius 1 is 1.33 bits per heavy atom.